The lowest BCUT2D eigenvalue weighted by molar-refractivity contribution is -0.119. The average molecular weight is 303 g/mol. The van der Waals surface area contributed by atoms with Gasteiger partial charge in [-0.3, -0.25) is 4.79 Å². The molecule has 1 heterocycles. The van der Waals surface area contributed by atoms with Gasteiger partial charge in [0.2, 0.25) is 0 Å². The molecule has 0 bridgehead atoms. The number of benzene rings is 1. The predicted octanol–water partition coefficient (Wildman–Crippen LogP) is 4.64. The van der Waals surface area contributed by atoms with Crippen molar-refractivity contribution in [3.05, 3.63) is 33.8 Å². The number of hydrogen-bond donors (Lipinski definition) is 0. The predicted molar refractivity (Wildman–Crippen MR) is 79.8 cm³/mol. The summed E-state index contributed by atoms with van der Waals surface area (Å²) in [5.74, 6) is 3.18. The summed E-state index contributed by atoms with van der Waals surface area (Å²) in [6, 6.07) is 5.37. The van der Waals surface area contributed by atoms with Crippen molar-refractivity contribution in [1.29, 1.82) is 0 Å². The molecule has 0 amide bonds. The van der Waals surface area contributed by atoms with E-state index in [9.17, 15) is 4.79 Å². The van der Waals surface area contributed by atoms with E-state index >= 15 is 0 Å². The van der Waals surface area contributed by atoms with Crippen LogP contribution in [0.1, 0.15) is 24.8 Å². The standard InChI is InChI=1S/C14H16Cl2OS/c15-13-2-1-3-14(16)12(13)9-11(17)8-10-4-6-18-7-5-10/h1-3,10H,4-9H2. The van der Waals surface area contributed by atoms with Gasteiger partial charge in [-0.2, -0.15) is 11.8 Å². The fourth-order valence-corrected chi connectivity index (χ4v) is 3.98. The SMILES string of the molecule is O=C(Cc1c(Cl)cccc1Cl)CC1CCSCC1. The first-order valence-corrected chi connectivity index (χ1v) is 8.10. The molecule has 0 spiro atoms. The Morgan fingerprint density at radius 2 is 1.83 bits per heavy atom. The van der Waals surface area contributed by atoms with Gasteiger partial charge >= 0.3 is 0 Å². The van der Waals surface area contributed by atoms with Crippen molar-refractivity contribution in [2.24, 2.45) is 5.92 Å². The van der Waals surface area contributed by atoms with Crippen LogP contribution in [0.3, 0.4) is 0 Å². The molecule has 18 heavy (non-hydrogen) atoms. The molecule has 1 aromatic rings. The van der Waals surface area contributed by atoms with Gasteiger partial charge in [0.05, 0.1) is 0 Å². The van der Waals surface area contributed by atoms with E-state index < -0.39 is 0 Å². The maximum absolute atomic E-state index is 12.1. The monoisotopic (exact) mass is 302 g/mol. The van der Waals surface area contributed by atoms with Gasteiger partial charge in [-0.05, 0) is 48.0 Å². The third kappa shape index (κ3) is 3.91. The van der Waals surface area contributed by atoms with Gasteiger partial charge in [-0.25, -0.2) is 0 Å². The lowest BCUT2D eigenvalue weighted by Gasteiger charge is -2.20. The molecular formula is C14H16Cl2OS. The number of halogens is 2. The van der Waals surface area contributed by atoms with Crippen LogP contribution in [0, 0.1) is 5.92 Å². The van der Waals surface area contributed by atoms with Gasteiger partial charge in [-0.1, -0.05) is 29.3 Å². The number of ketones is 1. The van der Waals surface area contributed by atoms with Crippen LogP contribution in [0.25, 0.3) is 0 Å². The molecule has 1 fully saturated rings. The molecule has 1 aliphatic heterocycles. The second-order valence-corrected chi connectivity index (χ2v) is 6.71. The van der Waals surface area contributed by atoms with Crippen LogP contribution in [-0.4, -0.2) is 17.3 Å². The summed E-state index contributed by atoms with van der Waals surface area (Å²) in [4.78, 5) is 12.1. The number of thioether (sulfide) groups is 1. The van der Waals surface area contributed by atoms with Crippen LogP contribution in [0.2, 0.25) is 10.0 Å². The van der Waals surface area contributed by atoms with Crippen molar-refractivity contribution in [3.8, 4) is 0 Å². The van der Waals surface area contributed by atoms with Crippen molar-refractivity contribution in [1.82, 2.24) is 0 Å². The lowest BCUT2D eigenvalue weighted by atomic mass is 9.94. The lowest BCUT2D eigenvalue weighted by Crippen LogP contribution is -2.15. The Kier molecular flexibility index (Phi) is 5.40. The summed E-state index contributed by atoms with van der Waals surface area (Å²) in [5, 5.41) is 1.19. The Hall–Kier alpha value is -0.180. The molecule has 0 N–H and O–H groups in total. The Labute approximate surface area is 122 Å². The Balaban J connectivity index is 1.94. The van der Waals surface area contributed by atoms with E-state index in [2.05, 4.69) is 0 Å². The van der Waals surface area contributed by atoms with Crippen molar-refractivity contribution in [2.75, 3.05) is 11.5 Å². The molecule has 0 aliphatic carbocycles. The molecule has 0 radical (unpaired) electrons. The molecule has 1 saturated heterocycles. The van der Waals surface area contributed by atoms with Crippen molar-refractivity contribution >= 4 is 40.7 Å². The zero-order chi connectivity index (χ0) is 13.0. The van der Waals surface area contributed by atoms with Crippen molar-refractivity contribution in [3.63, 3.8) is 0 Å². The fourth-order valence-electron chi connectivity index (χ4n) is 2.24. The van der Waals surface area contributed by atoms with E-state index in [-0.39, 0.29) is 5.78 Å². The van der Waals surface area contributed by atoms with Crippen molar-refractivity contribution < 1.29 is 4.79 Å². The van der Waals surface area contributed by atoms with E-state index in [0.717, 1.165) is 18.4 Å². The normalized spacial score (nSPS) is 16.8. The van der Waals surface area contributed by atoms with Gasteiger partial charge in [0.15, 0.2) is 0 Å². The van der Waals surface area contributed by atoms with Crippen LogP contribution in [-0.2, 0) is 11.2 Å². The zero-order valence-electron chi connectivity index (χ0n) is 10.1. The fraction of sp³-hybridized carbons (Fsp3) is 0.500. The summed E-state index contributed by atoms with van der Waals surface area (Å²) in [6.45, 7) is 0. The van der Waals surface area contributed by atoms with E-state index in [4.69, 9.17) is 23.2 Å². The Bertz CT molecular complexity index is 408. The third-order valence-corrected chi connectivity index (χ3v) is 5.05. The molecular weight excluding hydrogens is 287 g/mol. The molecule has 1 nitrogen and oxygen atoms in total. The topological polar surface area (TPSA) is 17.1 Å². The Morgan fingerprint density at radius 3 is 2.44 bits per heavy atom. The summed E-state index contributed by atoms with van der Waals surface area (Å²) >= 11 is 14.1. The number of rotatable bonds is 4. The number of hydrogen-bond acceptors (Lipinski definition) is 2. The molecule has 4 heteroatoms. The summed E-state index contributed by atoms with van der Waals surface area (Å²) in [5.41, 5.74) is 0.774. The second kappa shape index (κ2) is 6.83. The molecule has 2 rings (SSSR count). The molecule has 1 aromatic carbocycles. The second-order valence-electron chi connectivity index (χ2n) is 4.68. The summed E-state index contributed by atoms with van der Waals surface area (Å²) in [7, 11) is 0. The largest absolute Gasteiger partial charge is 0.299 e. The van der Waals surface area contributed by atoms with Gasteiger partial charge in [0.25, 0.3) is 0 Å². The molecule has 1 aliphatic rings. The first-order chi connectivity index (χ1) is 8.66. The van der Waals surface area contributed by atoms with E-state index in [0.29, 0.717) is 28.8 Å². The van der Waals surface area contributed by atoms with E-state index in [1.165, 1.54) is 11.5 Å². The van der Waals surface area contributed by atoms with Crippen LogP contribution in [0.15, 0.2) is 18.2 Å². The van der Waals surface area contributed by atoms with Gasteiger partial charge in [0, 0.05) is 22.9 Å². The number of Topliss-reactive ketones (excluding diaryl/α,β-unsaturated/α-hetero) is 1. The number of carbonyl (C=O) groups is 1. The molecule has 98 valence electrons. The van der Waals surface area contributed by atoms with Gasteiger partial charge < -0.3 is 0 Å². The minimum Gasteiger partial charge on any atom is -0.299 e. The molecule has 0 unspecified atom stereocenters. The van der Waals surface area contributed by atoms with E-state index in [1.54, 1.807) is 18.2 Å². The van der Waals surface area contributed by atoms with Crippen LogP contribution >= 0.6 is 35.0 Å². The quantitative estimate of drug-likeness (QED) is 0.806. The summed E-state index contributed by atoms with van der Waals surface area (Å²) < 4.78 is 0. The van der Waals surface area contributed by atoms with Crippen molar-refractivity contribution in [2.45, 2.75) is 25.7 Å². The van der Waals surface area contributed by atoms with Gasteiger partial charge in [-0.15, -0.1) is 0 Å². The highest BCUT2D eigenvalue weighted by molar-refractivity contribution is 7.99. The third-order valence-electron chi connectivity index (χ3n) is 3.29. The highest BCUT2D eigenvalue weighted by Crippen LogP contribution is 2.28. The van der Waals surface area contributed by atoms with Crippen LogP contribution in [0.5, 0.6) is 0 Å². The molecule has 0 saturated carbocycles. The summed E-state index contributed by atoms with van der Waals surface area (Å²) in [6.07, 6.45) is 3.35. The van der Waals surface area contributed by atoms with Gasteiger partial charge in [0.1, 0.15) is 5.78 Å². The zero-order valence-corrected chi connectivity index (χ0v) is 12.5. The minimum absolute atomic E-state index is 0.252. The highest BCUT2D eigenvalue weighted by atomic mass is 35.5. The highest BCUT2D eigenvalue weighted by Gasteiger charge is 2.18. The molecule has 0 atom stereocenters. The first kappa shape index (κ1) is 14.2. The average Bonchev–Trinajstić information content (AvgIpc) is 2.35. The first-order valence-electron chi connectivity index (χ1n) is 6.19. The van der Waals surface area contributed by atoms with E-state index in [1.807, 2.05) is 11.8 Å². The van der Waals surface area contributed by atoms with Crippen LogP contribution < -0.4 is 0 Å². The molecule has 0 aromatic heterocycles. The maximum atomic E-state index is 12.1. The van der Waals surface area contributed by atoms with Crippen LogP contribution in [0.4, 0.5) is 0 Å². The maximum Gasteiger partial charge on any atom is 0.137 e. The number of carbonyl (C=O) groups excluding carboxylic acids is 1. The Morgan fingerprint density at radius 1 is 1.22 bits per heavy atom. The smallest absolute Gasteiger partial charge is 0.137 e. The minimum atomic E-state index is 0.252.